The molecule has 2 aromatic carbocycles. The van der Waals surface area contributed by atoms with Gasteiger partial charge in [0.15, 0.2) is 0 Å². The fourth-order valence-corrected chi connectivity index (χ4v) is 2.30. The van der Waals surface area contributed by atoms with Crippen molar-refractivity contribution in [3.63, 3.8) is 0 Å². The van der Waals surface area contributed by atoms with Crippen molar-refractivity contribution in [2.45, 2.75) is 26.1 Å². The van der Waals surface area contributed by atoms with Gasteiger partial charge in [-0.2, -0.15) is 6.32 Å². The largest absolute Gasteiger partial charge is 0.239 e. The Hall–Kier alpha value is -1.50. The first kappa shape index (κ1) is 12.0. The van der Waals surface area contributed by atoms with Crippen LogP contribution in [-0.2, 0) is 0 Å². The molecule has 0 aromatic heterocycles. The van der Waals surface area contributed by atoms with Gasteiger partial charge in [0, 0.05) is 0 Å². The maximum atomic E-state index is 2.26. The summed E-state index contributed by atoms with van der Waals surface area (Å²) in [5.74, 6) is 0. The third kappa shape index (κ3) is 3.23. The average Bonchev–Trinajstić information content (AvgIpc) is 2.42. The molecule has 87 valence electrons. The number of hydrogen-bond donors (Lipinski definition) is 0. The Morgan fingerprint density at radius 3 is 1.65 bits per heavy atom. The number of unbranched alkanes of at least 4 members (excludes halogenated alkanes) is 1. The fraction of sp³-hybridized carbons (Fsp3) is 0.250. The van der Waals surface area contributed by atoms with Gasteiger partial charge in [0.05, 0.1) is 0 Å². The van der Waals surface area contributed by atoms with Gasteiger partial charge in [-0.1, -0.05) is 62.9 Å². The van der Waals surface area contributed by atoms with E-state index in [2.05, 4.69) is 67.6 Å². The van der Waals surface area contributed by atoms with Gasteiger partial charge in [-0.25, -0.2) is 10.9 Å². The number of hydrogen-bond acceptors (Lipinski definition) is 0. The quantitative estimate of drug-likeness (QED) is 0.682. The molecule has 0 N–H and O–H groups in total. The van der Waals surface area contributed by atoms with E-state index in [1.807, 2.05) is 0 Å². The van der Waals surface area contributed by atoms with Crippen LogP contribution in [0.4, 0.5) is 0 Å². The Morgan fingerprint density at radius 2 is 1.24 bits per heavy atom. The van der Waals surface area contributed by atoms with Crippen LogP contribution in [0, 0.1) is 0 Å². The molecule has 0 aliphatic rings. The molecule has 0 spiro atoms. The highest BCUT2D eigenvalue weighted by molar-refractivity contribution is 6.85. The van der Waals surface area contributed by atoms with E-state index in [4.69, 9.17) is 0 Å². The molecule has 0 unspecified atom stereocenters. The van der Waals surface area contributed by atoms with Crippen LogP contribution in [0.2, 0.25) is 6.32 Å². The zero-order valence-corrected chi connectivity index (χ0v) is 10.5. The summed E-state index contributed by atoms with van der Waals surface area (Å²) < 4.78 is 0. The Balaban J connectivity index is 2.26. The molecular weight excluding hydrogens is 203 g/mol. The minimum atomic E-state index is 0.553. The van der Waals surface area contributed by atoms with Crippen molar-refractivity contribution in [2.24, 2.45) is 0 Å². The lowest BCUT2D eigenvalue weighted by Gasteiger charge is -2.28. The second-order valence-electron chi connectivity index (χ2n) is 4.52. The molecule has 0 fully saturated rings. The van der Waals surface area contributed by atoms with Crippen molar-refractivity contribution in [3.8, 4) is 0 Å². The normalized spacial score (nSPS) is 10.7. The molecule has 0 aliphatic heterocycles. The predicted molar refractivity (Wildman–Crippen MR) is 77.6 cm³/mol. The van der Waals surface area contributed by atoms with E-state index in [0.717, 1.165) is 0 Å². The summed E-state index contributed by atoms with van der Waals surface area (Å²) in [7, 11) is 0. The van der Waals surface area contributed by atoms with Gasteiger partial charge in [-0.15, -0.1) is 24.3 Å². The molecule has 0 bridgehead atoms. The topological polar surface area (TPSA) is 0 Å². The highest BCUT2D eigenvalue weighted by Gasteiger charge is 2.01. The second kappa shape index (κ2) is 6.29. The molecule has 0 saturated carbocycles. The summed E-state index contributed by atoms with van der Waals surface area (Å²) in [6.07, 6.45) is 3.79. The zero-order valence-electron chi connectivity index (χ0n) is 10.5. The summed E-state index contributed by atoms with van der Waals surface area (Å²) in [6.45, 7) is 2.81. The van der Waals surface area contributed by atoms with E-state index in [1.54, 1.807) is 0 Å². The Morgan fingerprint density at radius 1 is 0.765 bits per heavy atom. The third-order valence-corrected chi connectivity index (χ3v) is 3.25. The first-order chi connectivity index (χ1) is 8.42. The molecule has 0 nitrogen and oxygen atoms in total. The maximum absolute atomic E-state index is 2.26. The van der Waals surface area contributed by atoms with Crippen LogP contribution < -0.4 is 10.9 Å². The maximum Gasteiger partial charge on any atom is -0.0592 e. The molecule has 1 heteroatoms. The molecule has 0 saturated heterocycles. The minimum absolute atomic E-state index is 0.553. The summed E-state index contributed by atoms with van der Waals surface area (Å²) in [5.41, 5.74) is 2.87. The number of benzene rings is 2. The van der Waals surface area contributed by atoms with Gasteiger partial charge in [-0.3, -0.25) is 0 Å². The molecule has 0 amide bonds. The van der Waals surface area contributed by atoms with Crippen LogP contribution in [-0.4, -0.2) is 6.71 Å². The van der Waals surface area contributed by atoms with E-state index in [0.29, 0.717) is 6.71 Å². The van der Waals surface area contributed by atoms with Gasteiger partial charge < -0.3 is 0 Å². The van der Waals surface area contributed by atoms with Crippen LogP contribution in [0.25, 0.3) is 0 Å². The lowest BCUT2D eigenvalue weighted by atomic mass is 9.38. The standard InChI is InChI=1S/C16H19B/c1-2-3-14-17(15-10-6-4-7-11-15)16-12-8-5-9-13-16/h4-13H,2-3,14H2,1H3/q-1. The summed E-state index contributed by atoms with van der Waals surface area (Å²) in [4.78, 5) is 0. The molecule has 0 heterocycles. The van der Waals surface area contributed by atoms with E-state index in [9.17, 15) is 0 Å². The molecule has 2 rings (SSSR count). The van der Waals surface area contributed by atoms with Crippen LogP contribution in [0.15, 0.2) is 60.7 Å². The minimum Gasteiger partial charge on any atom is -0.239 e. The smallest absolute Gasteiger partial charge is 0.0592 e. The Bertz CT molecular complexity index is 382. The molecule has 1 radical (unpaired) electrons. The van der Waals surface area contributed by atoms with E-state index < -0.39 is 0 Å². The first-order valence-electron chi connectivity index (χ1n) is 6.51. The predicted octanol–water partition coefficient (Wildman–Crippen LogP) is 3.10. The fourth-order valence-electron chi connectivity index (χ4n) is 2.30. The highest BCUT2D eigenvalue weighted by atomic mass is 13.9. The van der Waals surface area contributed by atoms with Crippen molar-refractivity contribution in [1.82, 2.24) is 0 Å². The van der Waals surface area contributed by atoms with Gasteiger partial charge in [0.1, 0.15) is 0 Å². The SMILES string of the molecule is CCCC[B-](c1ccccc1)c1ccccc1. The van der Waals surface area contributed by atoms with Crippen molar-refractivity contribution in [2.75, 3.05) is 0 Å². The number of rotatable bonds is 5. The summed E-state index contributed by atoms with van der Waals surface area (Å²) in [6, 6.07) is 21.7. The van der Waals surface area contributed by atoms with E-state index in [-0.39, 0.29) is 0 Å². The van der Waals surface area contributed by atoms with E-state index >= 15 is 0 Å². The lowest BCUT2D eigenvalue weighted by Crippen LogP contribution is -2.41. The van der Waals surface area contributed by atoms with Crippen molar-refractivity contribution in [3.05, 3.63) is 60.7 Å². The van der Waals surface area contributed by atoms with Gasteiger partial charge >= 0.3 is 0 Å². The zero-order chi connectivity index (χ0) is 11.9. The molecular formula is C16H19B-. The van der Waals surface area contributed by atoms with Crippen LogP contribution in [0.1, 0.15) is 19.8 Å². The van der Waals surface area contributed by atoms with Gasteiger partial charge in [0.25, 0.3) is 0 Å². The molecule has 0 aliphatic carbocycles. The first-order valence-corrected chi connectivity index (χ1v) is 6.51. The van der Waals surface area contributed by atoms with Crippen molar-refractivity contribution < 1.29 is 0 Å². The summed E-state index contributed by atoms with van der Waals surface area (Å²) >= 11 is 0. The highest BCUT2D eigenvalue weighted by Crippen LogP contribution is 2.03. The monoisotopic (exact) mass is 222 g/mol. The summed E-state index contributed by atoms with van der Waals surface area (Å²) in [5, 5.41) is 0. The van der Waals surface area contributed by atoms with Crippen molar-refractivity contribution in [1.29, 1.82) is 0 Å². The van der Waals surface area contributed by atoms with E-state index in [1.165, 1.54) is 30.1 Å². The van der Waals surface area contributed by atoms with Crippen LogP contribution in [0.5, 0.6) is 0 Å². The van der Waals surface area contributed by atoms with Crippen molar-refractivity contribution >= 4 is 17.6 Å². The van der Waals surface area contributed by atoms with Crippen LogP contribution in [0.3, 0.4) is 0 Å². The van der Waals surface area contributed by atoms with Crippen LogP contribution >= 0.6 is 0 Å². The molecule has 17 heavy (non-hydrogen) atoms. The Kier molecular flexibility index (Phi) is 4.43. The molecule has 0 atom stereocenters. The average molecular weight is 222 g/mol. The lowest BCUT2D eigenvalue weighted by molar-refractivity contribution is 0.878. The van der Waals surface area contributed by atoms with Gasteiger partial charge in [-0.05, 0) is 0 Å². The Labute approximate surface area is 105 Å². The third-order valence-electron chi connectivity index (χ3n) is 3.25. The van der Waals surface area contributed by atoms with Gasteiger partial charge in [0.2, 0.25) is 0 Å². The molecule has 2 aromatic rings. The second-order valence-corrected chi connectivity index (χ2v) is 4.52.